The molecule has 1 heterocycles. The Kier molecular flexibility index (Phi) is 14.8. The largest absolute Gasteiger partial charge is 0.504 e. The minimum absolute atomic E-state index is 0. The molecule has 1 atom stereocenters. The summed E-state index contributed by atoms with van der Waals surface area (Å²) in [5, 5.41) is 27.8. The first-order valence-electron chi connectivity index (χ1n) is 11.7. The number of aromatic hydroxyl groups is 2. The maximum absolute atomic E-state index is 10.1. The molecule has 7 heteroatoms. The Balaban J connectivity index is 0.00000256. The number of hydrogen-bond donors (Lipinski definition) is 3. The predicted molar refractivity (Wildman–Crippen MR) is 147 cm³/mol. The van der Waals surface area contributed by atoms with Crippen molar-refractivity contribution in [3.63, 3.8) is 0 Å². The fourth-order valence-electron chi connectivity index (χ4n) is 4.59. The minimum atomic E-state index is 0. The van der Waals surface area contributed by atoms with Crippen molar-refractivity contribution >= 4 is 45.3 Å². The van der Waals surface area contributed by atoms with E-state index < -0.39 is 0 Å². The maximum Gasteiger partial charge on any atom is 0.160 e. The van der Waals surface area contributed by atoms with E-state index in [0.29, 0.717) is 6.04 Å². The lowest BCUT2D eigenvalue weighted by molar-refractivity contribution is 0.175. The molecule has 0 bridgehead atoms. The molecule has 1 aromatic heterocycles. The molecular formula is C25H40Br2N2O2S. The fourth-order valence-corrected chi connectivity index (χ4v) is 5.29. The Morgan fingerprint density at radius 1 is 1.03 bits per heavy atom. The molecule has 0 saturated heterocycles. The van der Waals surface area contributed by atoms with Gasteiger partial charge in [0.15, 0.2) is 11.5 Å². The summed E-state index contributed by atoms with van der Waals surface area (Å²) in [6.45, 7) is 6.78. The summed E-state index contributed by atoms with van der Waals surface area (Å²) >= 11 is 1.78. The molecule has 0 unspecified atom stereocenters. The lowest BCUT2D eigenvalue weighted by Crippen LogP contribution is -2.40. The average molecular weight is 592 g/mol. The van der Waals surface area contributed by atoms with Crippen molar-refractivity contribution in [3.8, 4) is 11.5 Å². The number of nitrogens with zero attached hydrogens (tertiary/aromatic N) is 1. The van der Waals surface area contributed by atoms with Crippen LogP contribution >= 0.6 is 45.3 Å². The molecule has 0 spiro atoms. The van der Waals surface area contributed by atoms with E-state index in [0.717, 1.165) is 50.9 Å². The zero-order chi connectivity index (χ0) is 21.2. The Labute approximate surface area is 219 Å². The van der Waals surface area contributed by atoms with Crippen LogP contribution in [0.5, 0.6) is 11.5 Å². The second-order valence-corrected chi connectivity index (χ2v) is 9.33. The Morgan fingerprint density at radius 3 is 2.59 bits per heavy atom. The molecular weight excluding hydrogens is 552 g/mol. The highest BCUT2D eigenvalue weighted by Gasteiger charge is 2.26. The predicted octanol–water partition coefficient (Wildman–Crippen LogP) is 6.28. The molecule has 4 nitrogen and oxygen atoms in total. The highest BCUT2D eigenvalue weighted by atomic mass is 79.9. The van der Waals surface area contributed by atoms with Gasteiger partial charge in [-0.1, -0.05) is 25.8 Å². The van der Waals surface area contributed by atoms with Crippen molar-refractivity contribution < 1.29 is 10.2 Å². The van der Waals surface area contributed by atoms with Gasteiger partial charge in [-0.3, -0.25) is 0 Å². The van der Waals surface area contributed by atoms with Crippen molar-refractivity contribution in [1.29, 1.82) is 0 Å². The molecule has 0 fully saturated rings. The number of halogens is 2. The number of hydrogen-bond acceptors (Lipinski definition) is 5. The van der Waals surface area contributed by atoms with E-state index in [-0.39, 0.29) is 45.5 Å². The summed E-state index contributed by atoms with van der Waals surface area (Å²) in [6.07, 6.45) is 10.3. The van der Waals surface area contributed by atoms with Crippen molar-refractivity contribution in [3.05, 3.63) is 45.6 Å². The number of unbranched alkanes of at least 4 members (excludes halogenated alkanes) is 3. The molecule has 32 heavy (non-hydrogen) atoms. The summed E-state index contributed by atoms with van der Waals surface area (Å²) < 4.78 is 0. The zero-order valence-electron chi connectivity index (χ0n) is 19.2. The third-order valence-electron chi connectivity index (χ3n) is 6.29. The lowest BCUT2D eigenvalue weighted by atomic mass is 9.86. The van der Waals surface area contributed by atoms with E-state index in [1.807, 2.05) is 6.07 Å². The molecule has 1 aliphatic carbocycles. The first-order valence-corrected chi connectivity index (χ1v) is 12.6. The molecule has 0 aliphatic heterocycles. The number of thiophene rings is 1. The van der Waals surface area contributed by atoms with E-state index in [2.05, 4.69) is 34.0 Å². The van der Waals surface area contributed by atoms with Gasteiger partial charge in [0.2, 0.25) is 0 Å². The van der Waals surface area contributed by atoms with Crippen molar-refractivity contribution in [2.24, 2.45) is 0 Å². The number of benzene rings is 1. The molecule has 2 aromatic rings. The number of rotatable bonds is 13. The number of fused-ring (bicyclic) bond motifs is 1. The van der Waals surface area contributed by atoms with Crippen LogP contribution in [0.15, 0.2) is 29.0 Å². The molecule has 1 aromatic carbocycles. The zero-order valence-corrected chi connectivity index (χ0v) is 23.5. The van der Waals surface area contributed by atoms with Crippen LogP contribution in [0, 0.1) is 0 Å². The van der Waals surface area contributed by atoms with Gasteiger partial charge in [-0.15, -0.1) is 34.0 Å². The van der Waals surface area contributed by atoms with Gasteiger partial charge in [-0.25, -0.2) is 0 Å². The molecule has 0 saturated carbocycles. The molecule has 182 valence electrons. The van der Waals surface area contributed by atoms with Gasteiger partial charge < -0.3 is 20.4 Å². The fraction of sp³-hybridized carbons (Fsp3) is 0.600. The van der Waals surface area contributed by atoms with Crippen molar-refractivity contribution in [1.82, 2.24) is 10.2 Å². The topological polar surface area (TPSA) is 55.7 Å². The van der Waals surface area contributed by atoms with E-state index in [9.17, 15) is 10.2 Å². The number of nitrogens with one attached hydrogen (secondary N) is 1. The first-order chi connectivity index (χ1) is 14.7. The van der Waals surface area contributed by atoms with E-state index in [1.165, 1.54) is 49.8 Å². The van der Waals surface area contributed by atoms with E-state index in [1.54, 1.807) is 17.4 Å². The SMILES string of the molecule is Br.Br.CCCN(CCCCCCNCCc1ccsc1)[C@H]1CCc2c(ccc(O)c2O)C1. The average Bonchev–Trinajstić information content (AvgIpc) is 3.28. The smallest absolute Gasteiger partial charge is 0.160 e. The number of phenols is 2. The van der Waals surface area contributed by atoms with Crippen LogP contribution in [-0.2, 0) is 19.3 Å². The van der Waals surface area contributed by atoms with Gasteiger partial charge in [-0.05, 0) is 105 Å². The molecule has 1 aliphatic rings. The van der Waals surface area contributed by atoms with Crippen LogP contribution in [0.3, 0.4) is 0 Å². The Bertz CT molecular complexity index is 759. The Hall–Kier alpha value is -0.600. The second kappa shape index (κ2) is 16.1. The third-order valence-corrected chi connectivity index (χ3v) is 7.02. The van der Waals surface area contributed by atoms with Gasteiger partial charge in [0, 0.05) is 11.6 Å². The summed E-state index contributed by atoms with van der Waals surface area (Å²) in [7, 11) is 0. The van der Waals surface area contributed by atoms with Crippen LogP contribution in [-0.4, -0.2) is 47.3 Å². The van der Waals surface area contributed by atoms with Crippen LogP contribution < -0.4 is 5.32 Å². The van der Waals surface area contributed by atoms with Gasteiger partial charge in [0.05, 0.1) is 0 Å². The third kappa shape index (κ3) is 8.98. The van der Waals surface area contributed by atoms with Crippen LogP contribution in [0.2, 0.25) is 0 Å². The van der Waals surface area contributed by atoms with Crippen LogP contribution in [0.4, 0.5) is 0 Å². The summed E-state index contributed by atoms with van der Waals surface area (Å²) in [5.74, 6) is 0.107. The van der Waals surface area contributed by atoms with Crippen molar-refractivity contribution in [2.45, 2.75) is 70.8 Å². The summed E-state index contributed by atoms with van der Waals surface area (Å²) in [4.78, 5) is 2.66. The monoisotopic (exact) mass is 590 g/mol. The minimum Gasteiger partial charge on any atom is -0.504 e. The van der Waals surface area contributed by atoms with Gasteiger partial charge >= 0.3 is 0 Å². The quantitative estimate of drug-likeness (QED) is 0.190. The van der Waals surface area contributed by atoms with Gasteiger partial charge in [0.1, 0.15) is 0 Å². The maximum atomic E-state index is 10.1. The highest BCUT2D eigenvalue weighted by molar-refractivity contribution is 8.93. The molecule has 0 amide bonds. The van der Waals surface area contributed by atoms with Gasteiger partial charge in [0.25, 0.3) is 0 Å². The second-order valence-electron chi connectivity index (χ2n) is 8.55. The molecule has 3 N–H and O–H groups in total. The number of phenolic OH excluding ortho intramolecular Hbond substituents is 2. The van der Waals surface area contributed by atoms with Crippen LogP contribution in [0.1, 0.15) is 62.1 Å². The van der Waals surface area contributed by atoms with Gasteiger partial charge in [-0.2, -0.15) is 11.3 Å². The highest BCUT2D eigenvalue weighted by Crippen LogP contribution is 2.36. The first kappa shape index (κ1) is 29.4. The standard InChI is InChI=1S/C25H38N2O2S.2BrH/c1-2-15-27(22-8-9-23-21(18-22)7-10-24(28)25(23)29)16-6-4-3-5-13-26-14-11-20-12-17-30-19-20;;/h7,10,12,17,19,22,26,28-29H,2-6,8-9,11,13-16,18H2,1H3;2*1H/t22-;;/m0../s1. The summed E-state index contributed by atoms with van der Waals surface area (Å²) in [5.41, 5.74) is 3.60. The molecule has 3 rings (SSSR count). The lowest BCUT2D eigenvalue weighted by Gasteiger charge is -2.35. The summed E-state index contributed by atoms with van der Waals surface area (Å²) in [6, 6.07) is 6.40. The normalized spacial score (nSPS) is 15.1. The van der Waals surface area contributed by atoms with Crippen molar-refractivity contribution in [2.75, 3.05) is 26.2 Å². The van der Waals surface area contributed by atoms with E-state index in [4.69, 9.17) is 0 Å². The van der Waals surface area contributed by atoms with E-state index >= 15 is 0 Å². The molecule has 0 radical (unpaired) electrons. The Morgan fingerprint density at radius 2 is 1.84 bits per heavy atom. The van der Waals surface area contributed by atoms with Crippen LogP contribution in [0.25, 0.3) is 0 Å².